The number of phenolic OH excluding ortho intramolecular Hbond substituents is 1. The SMILES string of the molecule is [2H]c1cc2c(Oc3c([2H])c([2H])c(OCCN4CCCCC4)c([2H])c3[2H])c(-c3c([2H])c([2H])c(OC)c([2H])c3[2H])sc2c([2H])c1O. The number of aromatic hydroxyl groups is 1. The third-order valence-corrected chi connectivity index (χ3v) is 6.52. The molecule has 0 atom stereocenters. The molecular weight excluding hydrogens is 446 g/mol. The first-order valence-electron chi connectivity index (χ1n) is 15.9. The lowest BCUT2D eigenvalue weighted by molar-refractivity contribution is 0.183. The Labute approximate surface area is 218 Å². The molecule has 0 saturated carbocycles. The molecule has 0 unspecified atom stereocenters. The summed E-state index contributed by atoms with van der Waals surface area (Å²) in [7, 11) is 1.21. The Morgan fingerprint density at radius 2 is 1.65 bits per heavy atom. The van der Waals surface area contributed by atoms with Gasteiger partial charge in [-0.25, -0.2) is 0 Å². The molecule has 6 heteroatoms. The van der Waals surface area contributed by atoms with Crippen molar-refractivity contribution in [1.82, 2.24) is 4.90 Å². The lowest BCUT2D eigenvalue weighted by Gasteiger charge is -2.26. The molecule has 2 heterocycles. The molecule has 1 fully saturated rings. The number of ether oxygens (including phenoxy) is 3. The molecule has 0 aliphatic carbocycles. The van der Waals surface area contributed by atoms with Crippen LogP contribution in [0.3, 0.4) is 0 Å². The number of fused-ring (bicyclic) bond motifs is 1. The maximum Gasteiger partial charge on any atom is 0.153 e. The maximum absolute atomic E-state index is 10.3. The van der Waals surface area contributed by atoms with Gasteiger partial charge in [-0.3, -0.25) is 4.90 Å². The van der Waals surface area contributed by atoms with E-state index in [0.29, 0.717) is 6.54 Å². The van der Waals surface area contributed by atoms with Gasteiger partial charge in [0.25, 0.3) is 0 Å². The lowest BCUT2D eigenvalue weighted by Crippen LogP contribution is -2.33. The summed E-state index contributed by atoms with van der Waals surface area (Å²) < 4.78 is 102. The molecule has 176 valence electrons. The zero-order valence-corrected chi connectivity index (χ0v) is 19.4. The van der Waals surface area contributed by atoms with Crippen LogP contribution in [0.5, 0.6) is 28.7 Å². The standard InChI is InChI=1S/C28H29NO4S/c1-31-22-8-5-20(6-9-22)28-27(25-14-7-21(30)19-26(25)34-28)33-24-12-10-23(11-13-24)32-18-17-29-15-3-2-4-16-29/h5-14,19,30H,2-4,15-18H2,1H3/i5D,6D,7D,8D,9D,10D,11D,12D,13D,19D. The third-order valence-electron chi connectivity index (χ3n) is 5.40. The van der Waals surface area contributed by atoms with E-state index < -0.39 is 71.9 Å². The smallest absolute Gasteiger partial charge is 0.153 e. The van der Waals surface area contributed by atoms with Crippen LogP contribution in [-0.4, -0.2) is 43.4 Å². The highest BCUT2D eigenvalue weighted by atomic mass is 32.1. The fourth-order valence-electron chi connectivity index (χ4n) is 3.69. The number of benzene rings is 3. The minimum absolute atomic E-state index is 0.0307. The summed E-state index contributed by atoms with van der Waals surface area (Å²) in [5.41, 5.74) is -0.227. The van der Waals surface area contributed by atoms with Crippen LogP contribution in [0.4, 0.5) is 0 Å². The van der Waals surface area contributed by atoms with E-state index in [9.17, 15) is 5.11 Å². The van der Waals surface area contributed by atoms with E-state index in [-0.39, 0.29) is 44.4 Å². The molecule has 1 aliphatic heterocycles. The molecule has 0 bridgehead atoms. The van der Waals surface area contributed by atoms with Crippen molar-refractivity contribution in [2.45, 2.75) is 19.3 Å². The van der Waals surface area contributed by atoms with Gasteiger partial charge in [-0.1, -0.05) is 6.42 Å². The minimum Gasteiger partial charge on any atom is -0.508 e. The van der Waals surface area contributed by atoms with Crippen molar-refractivity contribution in [2.75, 3.05) is 33.4 Å². The number of likely N-dealkylation sites (tertiary alicyclic amines) is 1. The zero-order chi connectivity index (χ0) is 32.0. The number of hydrogen-bond donors (Lipinski definition) is 1. The Bertz CT molecular complexity index is 1720. The normalized spacial score (nSPS) is 18.4. The van der Waals surface area contributed by atoms with Crippen LogP contribution in [-0.2, 0) is 0 Å². The highest BCUT2D eigenvalue weighted by molar-refractivity contribution is 7.22. The van der Waals surface area contributed by atoms with Gasteiger partial charge < -0.3 is 19.3 Å². The van der Waals surface area contributed by atoms with Crippen molar-refractivity contribution in [3.63, 3.8) is 0 Å². The molecule has 0 spiro atoms. The second-order valence-electron chi connectivity index (χ2n) is 7.68. The molecule has 1 N–H and O–H groups in total. The van der Waals surface area contributed by atoms with E-state index in [1.54, 1.807) is 0 Å². The molecule has 3 aromatic carbocycles. The summed E-state index contributed by atoms with van der Waals surface area (Å²) >= 11 is 0.804. The molecule has 0 radical (unpaired) electrons. The van der Waals surface area contributed by atoms with E-state index >= 15 is 0 Å². The van der Waals surface area contributed by atoms with E-state index in [4.69, 9.17) is 27.9 Å². The first kappa shape index (κ1) is 13.6. The van der Waals surface area contributed by atoms with Gasteiger partial charge >= 0.3 is 0 Å². The summed E-state index contributed by atoms with van der Waals surface area (Å²) in [4.78, 5) is 2.18. The largest absolute Gasteiger partial charge is 0.508 e. The summed E-state index contributed by atoms with van der Waals surface area (Å²) in [5, 5.41) is 10.4. The third kappa shape index (κ3) is 5.13. The maximum atomic E-state index is 10.3. The predicted molar refractivity (Wildman–Crippen MR) is 138 cm³/mol. The van der Waals surface area contributed by atoms with Gasteiger partial charge in [-0.2, -0.15) is 0 Å². The highest BCUT2D eigenvalue weighted by Gasteiger charge is 2.17. The Morgan fingerprint density at radius 3 is 2.38 bits per heavy atom. The Kier molecular flexibility index (Phi) is 4.15. The quantitative estimate of drug-likeness (QED) is 0.293. The van der Waals surface area contributed by atoms with Crippen LogP contribution in [0, 0.1) is 0 Å². The van der Waals surface area contributed by atoms with Crippen molar-refractivity contribution in [2.24, 2.45) is 0 Å². The summed E-state index contributed by atoms with van der Waals surface area (Å²) in [6.07, 6.45) is 3.34. The van der Waals surface area contributed by atoms with Crippen LogP contribution < -0.4 is 14.2 Å². The Balaban J connectivity index is 1.65. The molecule has 5 rings (SSSR count). The average Bonchev–Trinajstić information content (AvgIpc) is 3.36. The molecule has 1 aromatic heterocycles. The number of thiophene rings is 1. The Hall–Kier alpha value is -3.22. The molecule has 5 nitrogen and oxygen atoms in total. The lowest BCUT2D eigenvalue weighted by atomic mass is 10.1. The van der Waals surface area contributed by atoms with Crippen LogP contribution in [0.15, 0.2) is 66.5 Å². The average molecular weight is 486 g/mol. The van der Waals surface area contributed by atoms with E-state index in [0.717, 1.165) is 37.3 Å². The van der Waals surface area contributed by atoms with E-state index in [1.165, 1.54) is 19.6 Å². The van der Waals surface area contributed by atoms with E-state index in [2.05, 4.69) is 4.90 Å². The number of hydrogen-bond acceptors (Lipinski definition) is 6. The number of phenols is 1. The number of rotatable bonds is 8. The number of nitrogens with zero attached hydrogens (tertiary/aromatic N) is 1. The van der Waals surface area contributed by atoms with Gasteiger partial charge in [-0.05, 0) is 98.0 Å². The summed E-state index contributed by atoms with van der Waals surface area (Å²) in [6.45, 7) is 2.59. The topological polar surface area (TPSA) is 51.2 Å². The van der Waals surface area contributed by atoms with Crippen molar-refractivity contribution in [3.8, 4) is 39.2 Å². The van der Waals surface area contributed by atoms with Gasteiger partial charge in [0.05, 0.1) is 25.7 Å². The molecule has 0 amide bonds. The van der Waals surface area contributed by atoms with Gasteiger partial charge in [0.1, 0.15) is 29.6 Å². The van der Waals surface area contributed by atoms with Gasteiger partial charge in [0.2, 0.25) is 0 Å². The van der Waals surface area contributed by atoms with Crippen molar-refractivity contribution < 1.29 is 33.0 Å². The summed E-state index contributed by atoms with van der Waals surface area (Å²) in [6, 6.07) is -3.68. The molecule has 1 saturated heterocycles. The molecular formula is C28H29NO4S. The van der Waals surface area contributed by atoms with Gasteiger partial charge in [-0.15, -0.1) is 11.3 Å². The minimum atomic E-state index is -0.624. The second kappa shape index (κ2) is 10.4. The van der Waals surface area contributed by atoms with Crippen LogP contribution in [0.2, 0.25) is 0 Å². The number of piperidine rings is 1. The van der Waals surface area contributed by atoms with Crippen molar-refractivity contribution in [3.05, 3.63) is 66.5 Å². The fraction of sp³-hybridized carbons (Fsp3) is 0.286. The zero-order valence-electron chi connectivity index (χ0n) is 28.6. The first-order chi connectivity index (χ1) is 20.9. The first-order valence-corrected chi connectivity index (χ1v) is 11.7. The van der Waals surface area contributed by atoms with Gasteiger partial charge in [0.15, 0.2) is 5.75 Å². The predicted octanol–water partition coefficient (Wildman–Crippen LogP) is 6.94. The number of methoxy groups -OCH3 is 1. The van der Waals surface area contributed by atoms with Crippen molar-refractivity contribution in [1.29, 1.82) is 0 Å². The second-order valence-corrected chi connectivity index (χ2v) is 8.71. The molecule has 4 aromatic rings. The highest BCUT2D eigenvalue weighted by Crippen LogP contribution is 2.47. The fourth-order valence-corrected chi connectivity index (χ4v) is 4.76. The van der Waals surface area contributed by atoms with Crippen LogP contribution in [0.25, 0.3) is 20.5 Å². The monoisotopic (exact) mass is 485 g/mol. The van der Waals surface area contributed by atoms with Gasteiger partial charge in [0, 0.05) is 16.6 Å². The van der Waals surface area contributed by atoms with Crippen LogP contribution >= 0.6 is 11.3 Å². The van der Waals surface area contributed by atoms with E-state index in [1.807, 2.05) is 0 Å². The molecule has 1 aliphatic rings. The Morgan fingerprint density at radius 1 is 0.941 bits per heavy atom. The van der Waals surface area contributed by atoms with Crippen LogP contribution in [0.1, 0.15) is 33.0 Å². The van der Waals surface area contributed by atoms with Crippen molar-refractivity contribution >= 4 is 21.4 Å². The molecule has 34 heavy (non-hydrogen) atoms. The summed E-state index contributed by atoms with van der Waals surface area (Å²) in [5.74, 6) is -1.85.